The van der Waals surface area contributed by atoms with Gasteiger partial charge in [0.2, 0.25) is 0 Å². The number of rotatable bonds is 75. The molecule has 0 aliphatic rings. The molecule has 5 atom stereocenters. The van der Waals surface area contributed by atoms with Crippen molar-refractivity contribution in [2.45, 2.75) is 367 Å². The van der Waals surface area contributed by atoms with Crippen molar-refractivity contribution < 1.29 is 80.2 Å². The van der Waals surface area contributed by atoms with Crippen molar-refractivity contribution in [3.05, 3.63) is 85.1 Å². The minimum absolute atomic E-state index is 0.0951. The Kier molecular flexibility index (Phi) is 70.8. The van der Waals surface area contributed by atoms with Gasteiger partial charge >= 0.3 is 39.5 Å². The van der Waals surface area contributed by atoms with Crippen LogP contribution >= 0.6 is 15.6 Å². The molecule has 17 nitrogen and oxygen atoms in total. The lowest BCUT2D eigenvalue weighted by atomic mass is 10.0. The first-order valence-electron chi connectivity index (χ1n) is 39.8. The molecule has 5 unspecified atom stereocenters. The second kappa shape index (κ2) is 73.5. The predicted octanol–water partition coefficient (Wildman–Crippen LogP) is 23.0. The third-order valence-corrected chi connectivity index (χ3v) is 18.8. The van der Waals surface area contributed by atoms with Crippen LogP contribution in [0.5, 0.6) is 0 Å². The quantitative estimate of drug-likeness (QED) is 0.0169. The summed E-state index contributed by atoms with van der Waals surface area (Å²) >= 11 is 0. The second-order valence-corrected chi connectivity index (χ2v) is 29.5. The Morgan fingerprint density at radius 1 is 0.290 bits per heavy atom. The maximum Gasteiger partial charge on any atom is 0.472 e. The number of carbonyl (C=O) groups excluding carboxylic acids is 4. The van der Waals surface area contributed by atoms with Gasteiger partial charge in [-0.25, -0.2) is 9.13 Å². The standard InChI is InChI=1S/C81H144O17P2/c1-5-9-13-17-21-25-29-32-35-36-37-38-41-43-47-50-54-58-62-66-79(84)92-72-77(98-81(86)68-64-60-56-52-48-44-40-34-31-27-23-19-15-11-7-3)74-96-100(89,90)94-70-75(82)69-93-99(87,88)95-73-76(97-80(85)67-63-59-55-51-45-28-24-20-16-12-8-4)71-91-78(83)65-61-57-53-49-46-42-39-33-30-26-22-18-14-10-6-2/h9-10,13-14,21-22,25-26,32-33,35,37-39,75-77,82H,5-8,11-12,15-20,23-24,27-31,34,36,40-74H2,1-4H3,(H,87,88)(H,89,90)/b13-9-,14-10-,25-21-,26-22-,35-32-,38-37-,39-33-. The molecule has 0 aromatic carbocycles. The number of phosphoric acid groups is 2. The van der Waals surface area contributed by atoms with Gasteiger partial charge in [-0.2, -0.15) is 0 Å². The van der Waals surface area contributed by atoms with E-state index < -0.39 is 97.5 Å². The third-order valence-electron chi connectivity index (χ3n) is 16.9. The van der Waals surface area contributed by atoms with Crippen LogP contribution in [0.4, 0.5) is 0 Å². The number of ether oxygens (including phenoxy) is 4. The largest absolute Gasteiger partial charge is 0.472 e. The first-order chi connectivity index (χ1) is 48.7. The number of hydrogen-bond donors (Lipinski definition) is 3. The van der Waals surface area contributed by atoms with Gasteiger partial charge in [0.25, 0.3) is 0 Å². The molecule has 0 bridgehead atoms. The molecule has 0 aromatic heterocycles. The summed E-state index contributed by atoms with van der Waals surface area (Å²) in [7, 11) is -9.95. The van der Waals surface area contributed by atoms with E-state index in [1.54, 1.807) is 0 Å². The molecule has 580 valence electrons. The van der Waals surface area contributed by atoms with Crippen molar-refractivity contribution in [3.8, 4) is 0 Å². The maximum atomic E-state index is 13.1. The Balaban J connectivity index is 5.31. The van der Waals surface area contributed by atoms with E-state index in [2.05, 4.69) is 113 Å². The van der Waals surface area contributed by atoms with Gasteiger partial charge in [0, 0.05) is 25.7 Å². The monoisotopic (exact) mass is 1450 g/mol. The lowest BCUT2D eigenvalue weighted by Crippen LogP contribution is -2.30. The summed E-state index contributed by atoms with van der Waals surface area (Å²) in [5.41, 5.74) is 0. The highest BCUT2D eigenvalue weighted by Gasteiger charge is 2.30. The summed E-state index contributed by atoms with van der Waals surface area (Å²) in [5.74, 6) is -2.18. The van der Waals surface area contributed by atoms with Gasteiger partial charge in [0.05, 0.1) is 26.4 Å². The molecule has 0 aliphatic heterocycles. The van der Waals surface area contributed by atoms with E-state index in [9.17, 15) is 43.2 Å². The summed E-state index contributed by atoms with van der Waals surface area (Å²) in [6.45, 7) is 4.67. The fourth-order valence-corrected chi connectivity index (χ4v) is 12.5. The van der Waals surface area contributed by atoms with E-state index >= 15 is 0 Å². The number of phosphoric ester groups is 2. The summed E-state index contributed by atoms with van der Waals surface area (Å²) < 4.78 is 68.6. The average molecular weight is 1450 g/mol. The molecule has 0 aliphatic carbocycles. The van der Waals surface area contributed by atoms with Gasteiger partial charge in [0.1, 0.15) is 19.3 Å². The zero-order chi connectivity index (χ0) is 73.2. The van der Waals surface area contributed by atoms with Gasteiger partial charge in [0.15, 0.2) is 12.2 Å². The summed E-state index contributed by atoms with van der Waals surface area (Å²) in [4.78, 5) is 72.9. The number of allylic oxidation sites excluding steroid dienone is 14. The number of esters is 4. The molecule has 100 heavy (non-hydrogen) atoms. The minimum atomic E-state index is -4.97. The highest BCUT2D eigenvalue weighted by Crippen LogP contribution is 2.45. The smallest absolute Gasteiger partial charge is 0.462 e. The number of aliphatic hydroxyl groups excluding tert-OH is 1. The molecular formula is C81H144O17P2. The Morgan fingerprint density at radius 2 is 0.520 bits per heavy atom. The van der Waals surface area contributed by atoms with Crippen molar-refractivity contribution in [1.82, 2.24) is 0 Å². The maximum absolute atomic E-state index is 13.1. The van der Waals surface area contributed by atoms with Gasteiger partial charge in [-0.3, -0.25) is 37.3 Å². The first-order valence-corrected chi connectivity index (χ1v) is 42.8. The molecule has 0 saturated heterocycles. The van der Waals surface area contributed by atoms with Gasteiger partial charge in [-0.1, -0.05) is 312 Å². The van der Waals surface area contributed by atoms with Crippen LogP contribution in [0, 0.1) is 0 Å². The van der Waals surface area contributed by atoms with Crippen LogP contribution in [0.2, 0.25) is 0 Å². The minimum Gasteiger partial charge on any atom is -0.462 e. The van der Waals surface area contributed by atoms with Crippen molar-refractivity contribution in [3.63, 3.8) is 0 Å². The van der Waals surface area contributed by atoms with E-state index in [1.807, 2.05) is 0 Å². The summed E-state index contributed by atoms with van der Waals surface area (Å²) in [6.07, 6.45) is 75.6. The van der Waals surface area contributed by atoms with Crippen LogP contribution in [-0.2, 0) is 65.4 Å². The molecule has 0 amide bonds. The second-order valence-electron chi connectivity index (χ2n) is 26.6. The fraction of sp³-hybridized carbons (Fsp3) is 0.778. The zero-order valence-corrected chi connectivity index (χ0v) is 65.2. The van der Waals surface area contributed by atoms with Crippen molar-refractivity contribution in [2.24, 2.45) is 0 Å². The number of carbonyl (C=O) groups is 4. The lowest BCUT2D eigenvalue weighted by Gasteiger charge is -2.21. The molecule has 0 fully saturated rings. The predicted molar refractivity (Wildman–Crippen MR) is 409 cm³/mol. The van der Waals surface area contributed by atoms with Gasteiger partial charge in [-0.15, -0.1) is 0 Å². The highest BCUT2D eigenvalue weighted by molar-refractivity contribution is 7.47. The number of unbranched alkanes of at least 4 members (excludes halogenated alkanes) is 35. The van der Waals surface area contributed by atoms with Crippen LogP contribution in [0.1, 0.15) is 349 Å². The molecule has 0 heterocycles. The average Bonchev–Trinajstić information content (AvgIpc) is 0.985. The van der Waals surface area contributed by atoms with Crippen LogP contribution in [0.25, 0.3) is 0 Å². The normalized spacial score (nSPS) is 14.3. The van der Waals surface area contributed by atoms with Gasteiger partial charge < -0.3 is 33.8 Å². The van der Waals surface area contributed by atoms with Crippen LogP contribution in [0.3, 0.4) is 0 Å². The topological polar surface area (TPSA) is 237 Å². The highest BCUT2D eigenvalue weighted by atomic mass is 31.2. The zero-order valence-electron chi connectivity index (χ0n) is 63.4. The van der Waals surface area contributed by atoms with E-state index in [-0.39, 0.29) is 25.7 Å². The molecule has 0 aromatic rings. The number of aliphatic hydroxyl groups is 1. The fourth-order valence-electron chi connectivity index (χ4n) is 10.9. The molecule has 0 spiro atoms. The lowest BCUT2D eigenvalue weighted by molar-refractivity contribution is -0.161. The SMILES string of the molecule is CC/C=C\C/C=C\C/C=C\C/C=C\CCCCCCCCC(=O)OCC(COP(=O)(O)OCC(O)COP(=O)(O)OCC(COC(=O)CCCCCCC/C=C\C/C=C\C/C=C\CC)OC(=O)CCCCCCCCCCCCC)OC(=O)CCCCCCCCCCCCCCCCC. The van der Waals surface area contributed by atoms with E-state index in [0.29, 0.717) is 25.7 Å². The molecule has 0 saturated carbocycles. The number of hydrogen-bond acceptors (Lipinski definition) is 15. The van der Waals surface area contributed by atoms with Gasteiger partial charge in [-0.05, 0) is 96.3 Å². The third kappa shape index (κ3) is 72.6. The Morgan fingerprint density at radius 3 is 0.800 bits per heavy atom. The molecule has 0 radical (unpaired) electrons. The van der Waals surface area contributed by atoms with E-state index in [4.69, 9.17) is 37.0 Å². The summed E-state index contributed by atoms with van der Waals surface area (Å²) in [5, 5.41) is 10.6. The molecule has 19 heteroatoms. The Hall–Kier alpha value is -3.76. The van der Waals surface area contributed by atoms with Crippen LogP contribution < -0.4 is 0 Å². The molecular weight excluding hydrogens is 1310 g/mol. The summed E-state index contributed by atoms with van der Waals surface area (Å²) in [6, 6.07) is 0. The van der Waals surface area contributed by atoms with Crippen LogP contribution in [-0.4, -0.2) is 96.7 Å². The van der Waals surface area contributed by atoms with Crippen molar-refractivity contribution in [1.29, 1.82) is 0 Å². The Labute approximate surface area is 608 Å². The van der Waals surface area contributed by atoms with E-state index in [0.717, 1.165) is 167 Å². The van der Waals surface area contributed by atoms with Crippen molar-refractivity contribution in [2.75, 3.05) is 39.6 Å². The molecule has 3 N–H and O–H groups in total. The van der Waals surface area contributed by atoms with Crippen molar-refractivity contribution >= 4 is 39.5 Å². The molecule has 0 rings (SSSR count). The Bertz CT molecular complexity index is 2230. The van der Waals surface area contributed by atoms with E-state index in [1.165, 1.54) is 103 Å². The first kappa shape index (κ1) is 96.2. The van der Waals surface area contributed by atoms with Crippen LogP contribution in [0.15, 0.2) is 85.1 Å².